The number of aryl methyl sites for hydroxylation is 2. The molecule has 2 aromatic rings. The van der Waals surface area contributed by atoms with Gasteiger partial charge in [-0.15, -0.1) is 0 Å². The average Bonchev–Trinajstić information content (AvgIpc) is 2.92. The van der Waals surface area contributed by atoms with Gasteiger partial charge in [0.05, 0.1) is 6.20 Å². The molecule has 0 aliphatic carbocycles. The zero-order chi connectivity index (χ0) is 13.1. The summed E-state index contributed by atoms with van der Waals surface area (Å²) < 4.78 is 3.31. The van der Waals surface area contributed by atoms with Gasteiger partial charge in [0.1, 0.15) is 11.5 Å². The summed E-state index contributed by atoms with van der Waals surface area (Å²) in [4.78, 5) is 11.1. The smallest absolute Gasteiger partial charge is 0.267 e. The molecule has 2 heterocycles. The zero-order valence-electron chi connectivity index (χ0n) is 10.4. The number of hydrogen-bond donors (Lipinski definition) is 2. The standard InChI is InChI=1S/C11H16N6O/c1-3-17-7-8(6-14-17)5-13-10-4-9(11(12)18)16(2)15-10/h4,6-7H,3,5H2,1-2H3,(H2,12,18)(H,13,15). The van der Waals surface area contributed by atoms with Crippen LogP contribution in [0.4, 0.5) is 5.82 Å². The minimum absolute atomic E-state index is 0.377. The Morgan fingerprint density at radius 3 is 2.89 bits per heavy atom. The van der Waals surface area contributed by atoms with Crippen molar-refractivity contribution in [1.29, 1.82) is 0 Å². The predicted octanol–water partition coefficient (Wildman–Crippen LogP) is 0.347. The number of nitrogens with zero attached hydrogens (tertiary/aromatic N) is 4. The van der Waals surface area contributed by atoms with Crippen molar-refractivity contribution < 1.29 is 4.79 Å². The van der Waals surface area contributed by atoms with E-state index in [1.165, 1.54) is 4.68 Å². The molecule has 0 saturated carbocycles. The Balaban J connectivity index is 2.01. The van der Waals surface area contributed by atoms with E-state index in [0.717, 1.165) is 12.1 Å². The molecule has 0 aliphatic heterocycles. The van der Waals surface area contributed by atoms with E-state index >= 15 is 0 Å². The number of anilines is 1. The maximum absolute atomic E-state index is 11.1. The molecule has 0 unspecified atom stereocenters. The van der Waals surface area contributed by atoms with Crippen LogP contribution in [0.15, 0.2) is 18.5 Å². The Bertz CT molecular complexity index is 556. The summed E-state index contributed by atoms with van der Waals surface area (Å²) in [6, 6.07) is 1.63. The Labute approximate surface area is 105 Å². The van der Waals surface area contributed by atoms with Crippen molar-refractivity contribution in [3.8, 4) is 0 Å². The van der Waals surface area contributed by atoms with Gasteiger partial charge < -0.3 is 11.1 Å². The molecule has 18 heavy (non-hydrogen) atoms. The molecule has 0 bridgehead atoms. The first-order valence-electron chi connectivity index (χ1n) is 5.69. The highest BCUT2D eigenvalue weighted by molar-refractivity contribution is 5.91. The highest BCUT2D eigenvalue weighted by atomic mass is 16.1. The van der Waals surface area contributed by atoms with Crippen molar-refractivity contribution in [2.75, 3.05) is 5.32 Å². The van der Waals surface area contributed by atoms with E-state index in [2.05, 4.69) is 15.5 Å². The highest BCUT2D eigenvalue weighted by Crippen LogP contribution is 2.09. The van der Waals surface area contributed by atoms with Crippen LogP contribution in [0.25, 0.3) is 0 Å². The van der Waals surface area contributed by atoms with E-state index in [1.807, 2.05) is 17.8 Å². The first-order chi connectivity index (χ1) is 8.60. The molecule has 2 aromatic heterocycles. The summed E-state index contributed by atoms with van der Waals surface area (Å²) in [7, 11) is 1.68. The van der Waals surface area contributed by atoms with E-state index in [-0.39, 0.29) is 0 Å². The van der Waals surface area contributed by atoms with Gasteiger partial charge in [-0.3, -0.25) is 14.2 Å². The zero-order valence-corrected chi connectivity index (χ0v) is 10.4. The topological polar surface area (TPSA) is 90.8 Å². The second-order valence-electron chi connectivity index (χ2n) is 3.96. The maximum atomic E-state index is 11.1. The lowest BCUT2D eigenvalue weighted by molar-refractivity contribution is 0.0991. The van der Waals surface area contributed by atoms with E-state index < -0.39 is 5.91 Å². The third-order valence-electron chi connectivity index (χ3n) is 2.62. The lowest BCUT2D eigenvalue weighted by Crippen LogP contribution is -2.15. The van der Waals surface area contributed by atoms with Crippen molar-refractivity contribution in [3.63, 3.8) is 0 Å². The molecule has 0 spiro atoms. The number of primary amides is 1. The number of aromatic nitrogens is 4. The summed E-state index contributed by atoms with van der Waals surface area (Å²) in [5.41, 5.74) is 6.65. The average molecular weight is 248 g/mol. The first-order valence-corrected chi connectivity index (χ1v) is 5.69. The molecular formula is C11H16N6O. The molecule has 1 amide bonds. The van der Waals surface area contributed by atoms with Gasteiger partial charge in [0.2, 0.25) is 0 Å². The maximum Gasteiger partial charge on any atom is 0.267 e. The lowest BCUT2D eigenvalue weighted by Gasteiger charge is -1.99. The van der Waals surface area contributed by atoms with Crippen LogP contribution in [0.2, 0.25) is 0 Å². The fourth-order valence-electron chi connectivity index (χ4n) is 1.65. The Kier molecular flexibility index (Phi) is 3.31. The largest absolute Gasteiger partial charge is 0.364 e. The van der Waals surface area contributed by atoms with Crippen molar-refractivity contribution in [1.82, 2.24) is 19.6 Å². The molecule has 96 valence electrons. The van der Waals surface area contributed by atoms with Crippen LogP contribution in [0.3, 0.4) is 0 Å². The van der Waals surface area contributed by atoms with Crippen molar-refractivity contribution in [3.05, 3.63) is 29.7 Å². The van der Waals surface area contributed by atoms with Crippen LogP contribution in [-0.4, -0.2) is 25.5 Å². The van der Waals surface area contributed by atoms with Crippen molar-refractivity contribution in [2.24, 2.45) is 12.8 Å². The molecule has 7 heteroatoms. The molecule has 7 nitrogen and oxygen atoms in total. The number of carbonyl (C=O) groups excluding carboxylic acids is 1. The predicted molar refractivity (Wildman–Crippen MR) is 67.0 cm³/mol. The van der Waals surface area contributed by atoms with Gasteiger partial charge in [-0.05, 0) is 6.92 Å². The third-order valence-corrected chi connectivity index (χ3v) is 2.62. The van der Waals surface area contributed by atoms with E-state index in [9.17, 15) is 4.79 Å². The molecule has 0 fully saturated rings. The molecule has 3 N–H and O–H groups in total. The Morgan fingerprint density at radius 2 is 2.33 bits per heavy atom. The van der Waals surface area contributed by atoms with Gasteiger partial charge in [0, 0.05) is 38.0 Å². The molecule has 0 saturated heterocycles. The van der Waals surface area contributed by atoms with Crippen LogP contribution in [0, 0.1) is 0 Å². The SMILES string of the molecule is CCn1cc(CNc2cc(C(N)=O)n(C)n2)cn1. The summed E-state index contributed by atoms with van der Waals surface area (Å²) in [5.74, 6) is 0.132. The number of amides is 1. The molecule has 2 rings (SSSR count). The molecular weight excluding hydrogens is 232 g/mol. The summed E-state index contributed by atoms with van der Waals surface area (Å²) in [6.45, 7) is 3.48. The Hall–Kier alpha value is -2.31. The minimum atomic E-state index is -0.489. The van der Waals surface area contributed by atoms with Gasteiger partial charge in [-0.2, -0.15) is 10.2 Å². The lowest BCUT2D eigenvalue weighted by atomic mass is 10.3. The van der Waals surface area contributed by atoms with Gasteiger partial charge in [-0.1, -0.05) is 0 Å². The van der Waals surface area contributed by atoms with Gasteiger partial charge >= 0.3 is 0 Å². The summed E-state index contributed by atoms with van der Waals surface area (Å²) in [6.07, 6.45) is 3.76. The van der Waals surface area contributed by atoms with Crippen LogP contribution in [0.5, 0.6) is 0 Å². The fraction of sp³-hybridized carbons (Fsp3) is 0.364. The van der Waals surface area contributed by atoms with Crippen molar-refractivity contribution in [2.45, 2.75) is 20.0 Å². The number of rotatable bonds is 5. The number of carbonyl (C=O) groups is 1. The second-order valence-corrected chi connectivity index (χ2v) is 3.96. The molecule has 0 radical (unpaired) electrons. The van der Waals surface area contributed by atoms with E-state index in [4.69, 9.17) is 5.73 Å². The van der Waals surface area contributed by atoms with E-state index in [0.29, 0.717) is 18.1 Å². The summed E-state index contributed by atoms with van der Waals surface area (Å²) in [5, 5.41) is 11.4. The van der Waals surface area contributed by atoms with Crippen LogP contribution in [0.1, 0.15) is 23.0 Å². The van der Waals surface area contributed by atoms with Crippen molar-refractivity contribution >= 4 is 11.7 Å². The third kappa shape index (κ3) is 2.50. The van der Waals surface area contributed by atoms with Crippen LogP contribution >= 0.6 is 0 Å². The summed E-state index contributed by atoms with van der Waals surface area (Å²) >= 11 is 0. The minimum Gasteiger partial charge on any atom is -0.364 e. The van der Waals surface area contributed by atoms with Crippen LogP contribution < -0.4 is 11.1 Å². The number of nitrogens with one attached hydrogen (secondary N) is 1. The Morgan fingerprint density at radius 1 is 1.56 bits per heavy atom. The number of hydrogen-bond acceptors (Lipinski definition) is 4. The van der Waals surface area contributed by atoms with Crippen LogP contribution in [-0.2, 0) is 20.1 Å². The number of nitrogens with two attached hydrogens (primary N) is 1. The normalized spacial score (nSPS) is 10.6. The van der Waals surface area contributed by atoms with E-state index in [1.54, 1.807) is 19.3 Å². The van der Waals surface area contributed by atoms with Gasteiger partial charge in [-0.25, -0.2) is 0 Å². The van der Waals surface area contributed by atoms with Gasteiger partial charge in [0.25, 0.3) is 5.91 Å². The second kappa shape index (κ2) is 4.91. The fourth-order valence-corrected chi connectivity index (χ4v) is 1.65. The molecule has 0 aromatic carbocycles. The highest BCUT2D eigenvalue weighted by Gasteiger charge is 2.09. The van der Waals surface area contributed by atoms with Gasteiger partial charge in [0.15, 0.2) is 0 Å². The molecule has 0 aliphatic rings. The monoisotopic (exact) mass is 248 g/mol. The quantitative estimate of drug-likeness (QED) is 0.798. The molecule has 0 atom stereocenters. The first kappa shape index (κ1) is 12.2.